The van der Waals surface area contributed by atoms with E-state index in [0.29, 0.717) is 17.1 Å². The van der Waals surface area contributed by atoms with Crippen molar-refractivity contribution in [2.45, 2.75) is 13.3 Å². The fourth-order valence-electron chi connectivity index (χ4n) is 1.72. The monoisotopic (exact) mass is 305 g/mol. The Hall–Kier alpha value is -2.27. The number of benzene rings is 1. The molecular formula is C15H16ClN3O2. The van der Waals surface area contributed by atoms with Gasteiger partial charge in [-0.25, -0.2) is 4.98 Å². The molecule has 1 aromatic heterocycles. The predicted molar refractivity (Wildman–Crippen MR) is 83.6 cm³/mol. The van der Waals surface area contributed by atoms with Crippen LogP contribution in [0.5, 0.6) is 5.75 Å². The van der Waals surface area contributed by atoms with Crippen LogP contribution in [0.25, 0.3) is 0 Å². The Labute approximate surface area is 128 Å². The summed E-state index contributed by atoms with van der Waals surface area (Å²) >= 11 is 5.92. The molecule has 110 valence electrons. The number of nitrogens with one attached hydrogen (secondary N) is 1. The molecule has 5 nitrogen and oxygen atoms in total. The fraction of sp³-hybridized carbons (Fsp3) is 0.200. The summed E-state index contributed by atoms with van der Waals surface area (Å²) in [5.74, 6) is 0.374. The van der Waals surface area contributed by atoms with E-state index in [-0.39, 0.29) is 24.1 Å². The van der Waals surface area contributed by atoms with Gasteiger partial charge in [-0.1, -0.05) is 23.7 Å². The minimum absolute atomic E-state index is 0.193. The molecule has 0 aliphatic carbocycles. The van der Waals surface area contributed by atoms with Gasteiger partial charge in [0, 0.05) is 6.20 Å². The van der Waals surface area contributed by atoms with Crippen molar-refractivity contribution in [3.63, 3.8) is 0 Å². The molecule has 0 aliphatic heterocycles. The molecule has 0 radical (unpaired) electrons. The molecular weight excluding hydrogens is 290 g/mol. The summed E-state index contributed by atoms with van der Waals surface area (Å²) in [5, 5.41) is 2.97. The number of anilines is 2. The van der Waals surface area contributed by atoms with E-state index in [4.69, 9.17) is 22.1 Å². The molecule has 1 amide bonds. The average molecular weight is 306 g/mol. The molecule has 0 fully saturated rings. The quantitative estimate of drug-likeness (QED) is 0.657. The largest absolute Gasteiger partial charge is 0.491 e. The summed E-state index contributed by atoms with van der Waals surface area (Å²) in [5.41, 5.74) is 7.71. The van der Waals surface area contributed by atoms with Crippen LogP contribution in [0.1, 0.15) is 12.0 Å². The lowest BCUT2D eigenvalue weighted by atomic mass is 10.3. The summed E-state index contributed by atoms with van der Waals surface area (Å²) < 4.78 is 5.46. The zero-order valence-electron chi connectivity index (χ0n) is 11.6. The summed E-state index contributed by atoms with van der Waals surface area (Å²) in [6.07, 6.45) is 1.83. The van der Waals surface area contributed by atoms with Crippen LogP contribution in [-0.2, 0) is 4.79 Å². The highest BCUT2D eigenvalue weighted by Crippen LogP contribution is 2.21. The van der Waals surface area contributed by atoms with E-state index < -0.39 is 0 Å². The maximum atomic E-state index is 11.8. The van der Waals surface area contributed by atoms with Crippen LogP contribution >= 0.6 is 11.6 Å². The van der Waals surface area contributed by atoms with Gasteiger partial charge in [0.15, 0.2) is 5.15 Å². The molecule has 0 saturated carbocycles. The number of para-hydroxylation sites is 2. The van der Waals surface area contributed by atoms with E-state index >= 15 is 0 Å². The molecule has 2 aromatic rings. The standard InChI is InChI=1S/C15H16ClN3O2/c1-10-8-12(15(16)18-9-10)19-14(20)6-7-21-13-5-3-2-4-11(13)17/h2-5,8-9H,6-7,17H2,1H3,(H,19,20). The summed E-state index contributed by atoms with van der Waals surface area (Å²) in [7, 11) is 0. The van der Waals surface area contributed by atoms with Gasteiger partial charge in [-0.15, -0.1) is 0 Å². The van der Waals surface area contributed by atoms with E-state index in [1.54, 1.807) is 24.4 Å². The number of hydrogen-bond acceptors (Lipinski definition) is 4. The van der Waals surface area contributed by atoms with Crippen LogP contribution < -0.4 is 15.8 Å². The second-order valence-electron chi connectivity index (χ2n) is 4.54. The maximum Gasteiger partial charge on any atom is 0.227 e. The van der Waals surface area contributed by atoms with Crippen LogP contribution in [0, 0.1) is 6.92 Å². The summed E-state index contributed by atoms with van der Waals surface area (Å²) in [6, 6.07) is 8.91. The Morgan fingerprint density at radius 1 is 1.43 bits per heavy atom. The van der Waals surface area contributed by atoms with Gasteiger partial charge in [0.1, 0.15) is 5.75 Å². The number of amides is 1. The number of nitrogens with two attached hydrogens (primary N) is 1. The van der Waals surface area contributed by atoms with Crippen molar-refractivity contribution in [1.82, 2.24) is 4.98 Å². The molecule has 6 heteroatoms. The molecule has 0 spiro atoms. The lowest BCUT2D eigenvalue weighted by Gasteiger charge is -2.10. The third-order valence-electron chi connectivity index (χ3n) is 2.76. The van der Waals surface area contributed by atoms with Gasteiger partial charge in [-0.05, 0) is 30.7 Å². The van der Waals surface area contributed by atoms with Gasteiger partial charge in [0.05, 0.1) is 24.4 Å². The molecule has 0 aliphatic rings. The highest BCUT2D eigenvalue weighted by atomic mass is 35.5. The van der Waals surface area contributed by atoms with Gasteiger partial charge in [-0.2, -0.15) is 0 Å². The molecule has 0 bridgehead atoms. The van der Waals surface area contributed by atoms with Crippen molar-refractivity contribution in [2.24, 2.45) is 0 Å². The van der Waals surface area contributed by atoms with E-state index in [9.17, 15) is 4.79 Å². The number of nitrogens with zero attached hydrogens (tertiary/aromatic N) is 1. The number of carbonyl (C=O) groups excluding carboxylic acids is 1. The fourth-order valence-corrected chi connectivity index (χ4v) is 1.87. The highest BCUT2D eigenvalue weighted by molar-refractivity contribution is 6.32. The van der Waals surface area contributed by atoms with Crippen LogP contribution in [0.15, 0.2) is 36.5 Å². The van der Waals surface area contributed by atoms with E-state index in [1.807, 2.05) is 19.1 Å². The van der Waals surface area contributed by atoms with Crippen molar-refractivity contribution >= 4 is 28.9 Å². The maximum absolute atomic E-state index is 11.8. The number of aryl methyl sites for hydroxylation is 1. The third kappa shape index (κ3) is 4.36. The number of aromatic nitrogens is 1. The van der Waals surface area contributed by atoms with Crippen LogP contribution in [0.4, 0.5) is 11.4 Å². The number of rotatable bonds is 5. The molecule has 3 N–H and O–H groups in total. The Balaban J connectivity index is 1.85. The van der Waals surface area contributed by atoms with Gasteiger partial charge < -0.3 is 15.8 Å². The van der Waals surface area contributed by atoms with Crippen molar-refractivity contribution in [3.05, 3.63) is 47.2 Å². The minimum atomic E-state index is -0.196. The minimum Gasteiger partial charge on any atom is -0.491 e. The average Bonchev–Trinajstić information content (AvgIpc) is 2.45. The molecule has 0 saturated heterocycles. The molecule has 0 unspecified atom stereocenters. The van der Waals surface area contributed by atoms with E-state index in [1.165, 1.54) is 0 Å². The molecule has 21 heavy (non-hydrogen) atoms. The van der Waals surface area contributed by atoms with Crippen LogP contribution in [0.3, 0.4) is 0 Å². The smallest absolute Gasteiger partial charge is 0.227 e. The zero-order chi connectivity index (χ0) is 15.2. The lowest BCUT2D eigenvalue weighted by Crippen LogP contribution is -2.16. The van der Waals surface area contributed by atoms with E-state index in [0.717, 1.165) is 5.56 Å². The molecule has 1 heterocycles. The van der Waals surface area contributed by atoms with Crippen molar-refractivity contribution < 1.29 is 9.53 Å². The second-order valence-corrected chi connectivity index (χ2v) is 4.89. The first kappa shape index (κ1) is 15.1. The first-order chi connectivity index (χ1) is 10.1. The zero-order valence-corrected chi connectivity index (χ0v) is 12.4. The van der Waals surface area contributed by atoms with E-state index in [2.05, 4.69) is 10.3 Å². The third-order valence-corrected chi connectivity index (χ3v) is 3.06. The number of hydrogen-bond donors (Lipinski definition) is 2. The second kappa shape index (κ2) is 6.95. The summed E-state index contributed by atoms with van der Waals surface area (Å²) in [4.78, 5) is 15.8. The molecule has 2 rings (SSSR count). The predicted octanol–water partition coefficient (Wildman–Crippen LogP) is 3.03. The van der Waals surface area contributed by atoms with Gasteiger partial charge >= 0.3 is 0 Å². The van der Waals surface area contributed by atoms with Gasteiger partial charge in [-0.3, -0.25) is 4.79 Å². The normalized spacial score (nSPS) is 10.2. The lowest BCUT2D eigenvalue weighted by molar-refractivity contribution is -0.116. The summed E-state index contributed by atoms with van der Waals surface area (Å²) in [6.45, 7) is 2.11. The number of carbonyl (C=O) groups is 1. The number of halogens is 1. The number of ether oxygens (including phenoxy) is 1. The van der Waals surface area contributed by atoms with Crippen LogP contribution in [-0.4, -0.2) is 17.5 Å². The van der Waals surface area contributed by atoms with Crippen molar-refractivity contribution in [2.75, 3.05) is 17.7 Å². The first-order valence-corrected chi connectivity index (χ1v) is 6.83. The van der Waals surface area contributed by atoms with Crippen molar-refractivity contribution in [1.29, 1.82) is 0 Å². The van der Waals surface area contributed by atoms with Gasteiger partial charge in [0.25, 0.3) is 0 Å². The Kier molecular flexibility index (Phi) is 5.00. The molecule has 1 aromatic carbocycles. The van der Waals surface area contributed by atoms with Gasteiger partial charge in [0.2, 0.25) is 5.91 Å². The SMILES string of the molecule is Cc1cnc(Cl)c(NC(=O)CCOc2ccccc2N)c1. The van der Waals surface area contributed by atoms with Crippen molar-refractivity contribution in [3.8, 4) is 5.75 Å². The first-order valence-electron chi connectivity index (χ1n) is 6.45. The Bertz CT molecular complexity index is 647. The Morgan fingerprint density at radius 3 is 2.95 bits per heavy atom. The highest BCUT2D eigenvalue weighted by Gasteiger charge is 2.08. The number of nitrogen functional groups attached to an aromatic ring is 1. The topological polar surface area (TPSA) is 77.2 Å². The Morgan fingerprint density at radius 2 is 2.19 bits per heavy atom. The van der Waals surface area contributed by atoms with Crippen LogP contribution in [0.2, 0.25) is 5.15 Å². The molecule has 0 atom stereocenters. The number of pyridine rings is 1.